The van der Waals surface area contributed by atoms with Gasteiger partial charge in [0, 0.05) is 12.6 Å². The molecule has 3 nitrogen and oxygen atoms in total. The first kappa shape index (κ1) is 13.9. The lowest BCUT2D eigenvalue weighted by Crippen LogP contribution is -2.29. The zero-order valence-electron chi connectivity index (χ0n) is 9.63. The first-order valence-electron chi connectivity index (χ1n) is 5.48. The maximum atomic E-state index is 13.9. The SMILES string of the molecule is CCCC(CN)Nc1ccc(C#N)c(Br)c1F. The number of hydrogen-bond donors (Lipinski definition) is 2. The summed E-state index contributed by atoms with van der Waals surface area (Å²) in [7, 11) is 0. The lowest BCUT2D eigenvalue weighted by Gasteiger charge is -2.18. The van der Waals surface area contributed by atoms with Crippen molar-refractivity contribution in [1.29, 1.82) is 5.26 Å². The molecule has 0 saturated carbocycles. The van der Waals surface area contributed by atoms with E-state index >= 15 is 0 Å². The third-order valence-electron chi connectivity index (χ3n) is 2.48. The molecule has 1 rings (SSSR count). The zero-order valence-corrected chi connectivity index (χ0v) is 11.2. The van der Waals surface area contributed by atoms with Gasteiger partial charge in [-0.15, -0.1) is 0 Å². The number of rotatable bonds is 5. The van der Waals surface area contributed by atoms with Gasteiger partial charge in [-0.25, -0.2) is 4.39 Å². The molecular weight excluding hydrogens is 285 g/mol. The predicted octanol–water partition coefficient (Wildman–Crippen LogP) is 3.00. The van der Waals surface area contributed by atoms with E-state index in [0.29, 0.717) is 12.2 Å². The van der Waals surface area contributed by atoms with Gasteiger partial charge in [0.2, 0.25) is 0 Å². The van der Waals surface area contributed by atoms with Crippen LogP contribution in [0.1, 0.15) is 25.3 Å². The Morgan fingerprint density at radius 1 is 1.59 bits per heavy atom. The van der Waals surface area contributed by atoms with E-state index in [1.807, 2.05) is 6.07 Å². The highest BCUT2D eigenvalue weighted by molar-refractivity contribution is 9.10. The molecule has 92 valence electrons. The summed E-state index contributed by atoms with van der Waals surface area (Å²) in [6, 6.07) is 5.11. The minimum atomic E-state index is -0.446. The fourth-order valence-electron chi connectivity index (χ4n) is 1.56. The Morgan fingerprint density at radius 3 is 2.82 bits per heavy atom. The van der Waals surface area contributed by atoms with Gasteiger partial charge >= 0.3 is 0 Å². The summed E-state index contributed by atoms with van der Waals surface area (Å²) >= 11 is 3.07. The van der Waals surface area contributed by atoms with Crippen molar-refractivity contribution in [1.82, 2.24) is 0 Å². The van der Waals surface area contributed by atoms with Crippen LogP contribution in [0, 0.1) is 17.1 Å². The van der Waals surface area contributed by atoms with E-state index in [4.69, 9.17) is 11.0 Å². The molecule has 0 bridgehead atoms. The van der Waals surface area contributed by atoms with Crippen LogP contribution < -0.4 is 11.1 Å². The average Bonchev–Trinajstić information content (AvgIpc) is 2.34. The molecule has 1 atom stereocenters. The summed E-state index contributed by atoms with van der Waals surface area (Å²) in [4.78, 5) is 0. The number of nitrogens with zero attached hydrogens (tertiary/aromatic N) is 1. The smallest absolute Gasteiger partial charge is 0.161 e. The third kappa shape index (κ3) is 3.42. The van der Waals surface area contributed by atoms with Gasteiger partial charge in [-0.2, -0.15) is 5.26 Å². The lowest BCUT2D eigenvalue weighted by atomic mass is 10.1. The molecule has 0 aromatic heterocycles. The summed E-state index contributed by atoms with van der Waals surface area (Å²) in [5, 5.41) is 11.8. The van der Waals surface area contributed by atoms with Crippen molar-refractivity contribution in [2.75, 3.05) is 11.9 Å². The van der Waals surface area contributed by atoms with E-state index in [1.165, 1.54) is 0 Å². The highest BCUT2D eigenvalue weighted by Gasteiger charge is 2.13. The van der Waals surface area contributed by atoms with Gasteiger partial charge in [0.1, 0.15) is 6.07 Å². The third-order valence-corrected chi connectivity index (χ3v) is 3.26. The Hall–Kier alpha value is -1.12. The summed E-state index contributed by atoms with van der Waals surface area (Å²) < 4.78 is 14.1. The highest BCUT2D eigenvalue weighted by atomic mass is 79.9. The fraction of sp³-hybridized carbons (Fsp3) is 0.417. The van der Waals surface area contributed by atoms with Crippen LogP contribution in [-0.4, -0.2) is 12.6 Å². The van der Waals surface area contributed by atoms with Crippen LogP contribution in [-0.2, 0) is 0 Å². The van der Waals surface area contributed by atoms with E-state index in [1.54, 1.807) is 12.1 Å². The van der Waals surface area contributed by atoms with Gasteiger partial charge in [0.05, 0.1) is 15.7 Å². The van der Waals surface area contributed by atoms with Crippen LogP contribution in [0.2, 0.25) is 0 Å². The maximum Gasteiger partial charge on any atom is 0.161 e. The van der Waals surface area contributed by atoms with Crippen LogP contribution in [0.4, 0.5) is 10.1 Å². The number of nitrogens with two attached hydrogens (primary N) is 1. The van der Waals surface area contributed by atoms with Gasteiger partial charge in [-0.1, -0.05) is 13.3 Å². The maximum absolute atomic E-state index is 13.9. The van der Waals surface area contributed by atoms with Crippen molar-refractivity contribution in [3.63, 3.8) is 0 Å². The second kappa shape index (κ2) is 6.58. The van der Waals surface area contributed by atoms with E-state index in [-0.39, 0.29) is 16.1 Å². The molecule has 0 aliphatic carbocycles. The van der Waals surface area contributed by atoms with Crippen LogP contribution in [0.25, 0.3) is 0 Å². The zero-order chi connectivity index (χ0) is 12.8. The van der Waals surface area contributed by atoms with Gasteiger partial charge in [-0.3, -0.25) is 0 Å². The molecule has 0 aliphatic heterocycles. The second-order valence-electron chi connectivity index (χ2n) is 3.77. The second-order valence-corrected chi connectivity index (χ2v) is 4.56. The standard InChI is InChI=1S/C12H15BrFN3/c1-2-3-9(7-16)17-10-5-4-8(6-15)11(13)12(10)14/h4-5,9,17H,2-3,7,16H2,1H3. The molecule has 0 amide bonds. The molecule has 17 heavy (non-hydrogen) atoms. The van der Waals surface area contributed by atoms with Gasteiger partial charge in [0.25, 0.3) is 0 Å². The molecule has 0 spiro atoms. The van der Waals surface area contributed by atoms with E-state index in [2.05, 4.69) is 28.2 Å². The van der Waals surface area contributed by atoms with Crippen LogP contribution >= 0.6 is 15.9 Å². The molecule has 0 fully saturated rings. The minimum absolute atomic E-state index is 0.0503. The van der Waals surface area contributed by atoms with E-state index in [9.17, 15) is 4.39 Å². The molecule has 1 aromatic carbocycles. The van der Waals surface area contributed by atoms with Gasteiger partial charge in [-0.05, 0) is 34.5 Å². The van der Waals surface area contributed by atoms with Gasteiger partial charge in [0.15, 0.2) is 5.82 Å². The topological polar surface area (TPSA) is 61.8 Å². The molecule has 0 saturated heterocycles. The molecule has 5 heteroatoms. The Labute approximate surface area is 109 Å². The molecule has 0 aliphatic rings. The average molecular weight is 300 g/mol. The van der Waals surface area contributed by atoms with Crippen LogP contribution in [0.15, 0.2) is 16.6 Å². The normalized spacial score (nSPS) is 11.9. The molecule has 0 heterocycles. The minimum Gasteiger partial charge on any atom is -0.379 e. The Bertz CT molecular complexity index is 428. The van der Waals surface area contributed by atoms with Crippen molar-refractivity contribution in [2.45, 2.75) is 25.8 Å². The Balaban J connectivity index is 2.93. The quantitative estimate of drug-likeness (QED) is 0.878. The van der Waals surface area contributed by atoms with Crippen LogP contribution in [0.5, 0.6) is 0 Å². The summed E-state index contributed by atoms with van der Waals surface area (Å²) in [6.07, 6.45) is 1.86. The summed E-state index contributed by atoms with van der Waals surface area (Å²) in [5.74, 6) is -0.446. The van der Waals surface area contributed by atoms with Crippen molar-refractivity contribution >= 4 is 21.6 Å². The largest absolute Gasteiger partial charge is 0.379 e. The summed E-state index contributed by atoms with van der Waals surface area (Å²) in [6.45, 7) is 2.50. The van der Waals surface area contributed by atoms with E-state index in [0.717, 1.165) is 12.8 Å². The molecule has 0 radical (unpaired) electrons. The Morgan fingerprint density at radius 2 is 2.29 bits per heavy atom. The molecule has 1 unspecified atom stereocenters. The van der Waals surface area contributed by atoms with Crippen molar-refractivity contribution in [3.05, 3.63) is 28.0 Å². The first-order valence-corrected chi connectivity index (χ1v) is 6.28. The van der Waals surface area contributed by atoms with Gasteiger partial charge < -0.3 is 11.1 Å². The Kier molecular flexibility index (Phi) is 5.39. The lowest BCUT2D eigenvalue weighted by molar-refractivity contribution is 0.606. The number of nitriles is 1. The number of hydrogen-bond acceptors (Lipinski definition) is 3. The number of anilines is 1. The fourth-order valence-corrected chi connectivity index (χ4v) is 2.00. The van der Waals surface area contributed by atoms with E-state index < -0.39 is 5.82 Å². The monoisotopic (exact) mass is 299 g/mol. The molecular formula is C12H15BrFN3. The first-order chi connectivity index (χ1) is 8.13. The highest BCUT2D eigenvalue weighted by Crippen LogP contribution is 2.27. The predicted molar refractivity (Wildman–Crippen MR) is 70.2 cm³/mol. The number of nitrogens with one attached hydrogen (secondary N) is 1. The van der Waals surface area contributed by atoms with Crippen molar-refractivity contribution in [3.8, 4) is 6.07 Å². The molecule has 1 aromatic rings. The van der Waals surface area contributed by atoms with Crippen molar-refractivity contribution < 1.29 is 4.39 Å². The number of benzene rings is 1. The van der Waals surface area contributed by atoms with Crippen molar-refractivity contribution in [2.24, 2.45) is 5.73 Å². The van der Waals surface area contributed by atoms with Crippen LogP contribution in [0.3, 0.4) is 0 Å². The molecule has 3 N–H and O–H groups in total. The summed E-state index contributed by atoms with van der Waals surface area (Å²) in [5.41, 5.74) is 6.26. The number of halogens is 2.